The maximum atomic E-state index is 3.40. The molecule has 0 amide bonds. The minimum absolute atomic E-state index is 0. The quantitative estimate of drug-likeness (QED) is 0.560. The van der Waals surface area contributed by atoms with E-state index in [0.717, 1.165) is 6.54 Å². The molecule has 0 unspecified atom stereocenters. The average molecular weight is 330 g/mol. The third kappa shape index (κ3) is 4.14. The summed E-state index contributed by atoms with van der Waals surface area (Å²) in [5.41, 5.74) is 7.04. The van der Waals surface area contributed by atoms with E-state index >= 15 is 0 Å². The van der Waals surface area contributed by atoms with Crippen LogP contribution >= 0.6 is 0 Å². The first kappa shape index (κ1) is 16.2. The van der Waals surface area contributed by atoms with E-state index in [-0.39, 0.29) is 17.1 Å². The van der Waals surface area contributed by atoms with Crippen molar-refractivity contribution in [3.05, 3.63) is 96.6 Å². The van der Waals surface area contributed by atoms with Gasteiger partial charge in [-0.3, -0.25) is 5.01 Å². The molecule has 22 heavy (non-hydrogen) atoms. The Balaban J connectivity index is 0.000000253. The van der Waals surface area contributed by atoms with E-state index in [9.17, 15) is 0 Å². The summed E-state index contributed by atoms with van der Waals surface area (Å²) in [6.45, 7) is 0.907. The Morgan fingerprint density at radius 3 is 2.18 bits per heavy atom. The van der Waals surface area contributed by atoms with Crippen LogP contribution in [0.4, 0.5) is 5.69 Å². The molecule has 0 fully saturated rings. The molecule has 4 rings (SSSR count). The van der Waals surface area contributed by atoms with Crippen LogP contribution in [0.15, 0.2) is 91.0 Å². The maximum absolute atomic E-state index is 3.40. The molecule has 0 radical (unpaired) electrons. The van der Waals surface area contributed by atoms with Gasteiger partial charge in [0.05, 0.1) is 5.69 Å². The van der Waals surface area contributed by atoms with E-state index in [1.165, 1.54) is 16.9 Å². The molecule has 0 aliphatic carbocycles. The Labute approximate surface area is 142 Å². The molecule has 0 spiro atoms. The first-order valence-corrected chi connectivity index (χ1v) is 7.12. The molecule has 1 aliphatic heterocycles. The fraction of sp³-hybridized carbons (Fsp3) is 0.0526. The number of benzene rings is 1. The Kier molecular flexibility index (Phi) is 6.08. The molecule has 1 aliphatic rings. The van der Waals surface area contributed by atoms with Crippen molar-refractivity contribution < 1.29 is 17.1 Å². The minimum Gasteiger partial charge on any atom is -0.317 e. The van der Waals surface area contributed by atoms with Crippen LogP contribution in [0.25, 0.3) is 5.70 Å². The number of hydrogen-bond donors (Lipinski definition) is 1. The van der Waals surface area contributed by atoms with Gasteiger partial charge in [-0.25, -0.2) is 12.1 Å². The van der Waals surface area contributed by atoms with Crippen LogP contribution in [0.5, 0.6) is 0 Å². The zero-order valence-electron chi connectivity index (χ0n) is 12.2. The largest absolute Gasteiger partial charge is 2.00 e. The zero-order valence-corrected chi connectivity index (χ0v) is 13.3. The van der Waals surface area contributed by atoms with E-state index < -0.39 is 0 Å². The predicted octanol–water partition coefficient (Wildman–Crippen LogP) is 4.17. The Bertz CT molecular complexity index is 638. The number of nitrogens with zero attached hydrogens (tertiary/aromatic N) is 1. The van der Waals surface area contributed by atoms with Gasteiger partial charge in [0.15, 0.2) is 0 Å². The number of rotatable bonds is 2. The SMILES string of the molecule is C1=C([c-]2cccc2)NN(c2ccccc2)C1.[Fe+2].c1cc[cH-]c1. The Hall–Kier alpha value is -2.22. The van der Waals surface area contributed by atoms with Crippen molar-refractivity contribution >= 4 is 11.4 Å². The molecule has 3 aromatic rings. The molecule has 3 aromatic carbocycles. The monoisotopic (exact) mass is 330 g/mol. The number of nitrogens with one attached hydrogen (secondary N) is 1. The summed E-state index contributed by atoms with van der Waals surface area (Å²) in [6.07, 6.45) is 2.21. The summed E-state index contributed by atoms with van der Waals surface area (Å²) < 4.78 is 0. The van der Waals surface area contributed by atoms with Gasteiger partial charge in [-0.1, -0.05) is 23.8 Å². The molecule has 1 N–H and O–H groups in total. The predicted molar refractivity (Wildman–Crippen MR) is 89.0 cm³/mol. The Morgan fingerprint density at radius 2 is 1.59 bits per heavy atom. The molecule has 2 nitrogen and oxygen atoms in total. The van der Waals surface area contributed by atoms with Gasteiger partial charge in [0, 0.05) is 6.54 Å². The molecular weight excluding hydrogens is 312 g/mol. The number of anilines is 1. The smallest absolute Gasteiger partial charge is 0.317 e. The number of hydrogen-bond acceptors (Lipinski definition) is 2. The Morgan fingerprint density at radius 1 is 0.909 bits per heavy atom. The van der Waals surface area contributed by atoms with Crippen molar-refractivity contribution in [2.75, 3.05) is 11.6 Å². The van der Waals surface area contributed by atoms with E-state index in [2.05, 4.69) is 65.0 Å². The first-order valence-electron chi connectivity index (χ1n) is 7.12. The van der Waals surface area contributed by atoms with Gasteiger partial charge in [-0.15, -0.1) is 18.2 Å². The average Bonchev–Trinajstić information content (AvgIpc) is 3.30. The molecule has 0 atom stereocenters. The third-order valence-electron chi connectivity index (χ3n) is 3.33. The molecule has 0 aromatic heterocycles. The van der Waals surface area contributed by atoms with Crippen LogP contribution < -0.4 is 10.4 Å². The van der Waals surface area contributed by atoms with Gasteiger partial charge in [0.25, 0.3) is 0 Å². The number of hydrazine groups is 1. The van der Waals surface area contributed by atoms with E-state index in [1.807, 2.05) is 36.4 Å². The summed E-state index contributed by atoms with van der Waals surface area (Å²) in [5, 5.41) is 2.14. The topological polar surface area (TPSA) is 15.3 Å². The minimum atomic E-state index is 0. The second-order valence-electron chi connectivity index (χ2n) is 4.81. The van der Waals surface area contributed by atoms with Crippen molar-refractivity contribution in [1.82, 2.24) is 5.43 Å². The molecule has 1 heterocycles. The van der Waals surface area contributed by atoms with Crippen molar-refractivity contribution in [2.24, 2.45) is 0 Å². The summed E-state index contributed by atoms with van der Waals surface area (Å²) in [6, 6.07) is 28.7. The molecule has 3 heteroatoms. The van der Waals surface area contributed by atoms with Crippen LogP contribution in [0, 0.1) is 0 Å². The zero-order chi connectivity index (χ0) is 14.3. The molecular formula is C19H18FeN2. The van der Waals surface area contributed by atoms with Crippen molar-refractivity contribution in [2.45, 2.75) is 0 Å². The second-order valence-corrected chi connectivity index (χ2v) is 4.81. The maximum Gasteiger partial charge on any atom is 2.00 e. The van der Waals surface area contributed by atoms with Crippen molar-refractivity contribution in [3.8, 4) is 0 Å². The first-order chi connectivity index (χ1) is 10.4. The fourth-order valence-electron chi connectivity index (χ4n) is 2.25. The van der Waals surface area contributed by atoms with Gasteiger partial charge in [0.1, 0.15) is 0 Å². The fourth-order valence-corrected chi connectivity index (χ4v) is 2.25. The third-order valence-corrected chi connectivity index (χ3v) is 3.33. The summed E-state index contributed by atoms with van der Waals surface area (Å²) in [4.78, 5) is 0. The van der Waals surface area contributed by atoms with Crippen LogP contribution in [-0.4, -0.2) is 6.54 Å². The van der Waals surface area contributed by atoms with Gasteiger partial charge in [-0.05, 0) is 17.8 Å². The van der Waals surface area contributed by atoms with Crippen molar-refractivity contribution in [3.63, 3.8) is 0 Å². The van der Waals surface area contributed by atoms with Gasteiger partial charge < -0.3 is 5.43 Å². The van der Waals surface area contributed by atoms with E-state index in [1.54, 1.807) is 0 Å². The van der Waals surface area contributed by atoms with Gasteiger partial charge >= 0.3 is 17.1 Å². The van der Waals surface area contributed by atoms with Gasteiger partial charge in [0.2, 0.25) is 0 Å². The summed E-state index contributed by atoms with van der Waals surface area (Å²) in [7, 11) is 0. The van der Waals surface area contributed by atoms with Crippen LogP contribution in [0.2, 0.25) is 0 Å². The normalized spacial score (nSPS) is 12.5. The number of para-hydroxylation sites is 1. The molecule has 0 saturated heterocycles. The van der Waals surface area contributed by atoms with E-state index in [4.69, 9.17) is 0 Å². The summed E-state index contributed by atoms with van der Waals surface area (Å²) in [5.74, 6) is 0. The molecule has 112 valence electrons. The van der Waals surface area contributed by atoms with Crippen LogP contribution in [-0.2, 0) is 17.1 Å². The van der Waals surface area contributed by atoms with Gasteiger partial charge in [-0.2, -0.15) is 30.3 Å². The summed E-state index contributed by atoms with van der Waals surface area (Å²) >= 11 is 0. The van der Waals surface area contributed by atoms with Crippen molar-refractivity contribution in [1.29, 1.82) is 0 Å². The molecule has 0 bridgehead atoms. The van der Waals surface area contributed by atoms with E-state index in [0.29, 0.717) is 0 Å². The van der Waals surface area contributed by atoms with Crippen LogP contribution in [0.1, 0.15) is 5.56 Å². The molecule has 0 saturated carbocycles. The standard InChI is InChI=1S/C14H13N2.C5H5.Fe/c1-2-8-13(9-3-1)16-11-10-14(15-16)12-6-4-5-7-12;1-2-4-5-3-1;/h1-10,15H,11H2;1-5H;/q2*-1;+2. The second kappa shape index (κ2) is 8.28. The van der Waals surface area contributed by atoms with Crippen LogP contribution in [0.3, 0.4) is 0 Å².